The van der Waals surface area contributed by atoms with Crippen LogP contribution in [0.4, 0.5) is 0 Å². The van der Waals surface area contributed by atoms with E-state index in [2.05, 4.69) is 9.98 Å². The fourth-order valence-electron chi connectivity index (χ4n) is 2.44. The van der Waals surface area contributed by atoms with E-state index in [4.69, 9.17) is 33.7 Å². The van der Waals surface area contributed by atoms with Gasteiger partial charge in [-0.2, -0.15) is 0 Å². The van der Waals surface area contributed by atoms with E-state index in [1.807, 2.05) is 12.1 Å². The van der Waals surface area contributed by atoms with E-state index in [1.165, 1.54) is 6.20 Å². The van der Waals surface area contributed by atoms with Gasteiger partial charge in [0.1, 0.15) is 5.75 Å². The van der Waals surface area contributed by atoms with Crippen LogP contribution in [0.3, 0.4) is 0 Å². The monoisotopic (exact) mass is 349 g/mol. The number of halogens is 2. The van der Waals surface area contributed by atoms with Crippen molar-refractivity contribution in [2.24, 2.45) is 10.7 Å². The second-order valence-electron chi connectivity index (χ2n) is 4.74. The van der Waals surface area contributed by atoms with Crippen LogP contribution in [-0.2, 0) is 0 Å². The molecule has 1 heterocycles. The highest BCUT2D eigenvalue weighted by Gasteiger charge is 2.25. The summed E-state index contributed by atoms with van der Waals surface area (Å²) in [5, 5.41) is 0.878. The number of hydrogen-bond acceptors (Lipinski definition) is 4. The van der Waals surface area contributed by atoms with E-state index < -0.39 is 0 Å². The topological polar surface area (TPSA) is 60.5 Å². The standard InChI is InChI=1S/C17H17Cl2N3O/c1-21-10-12(9-20)15(11-5-7-22-8-6-11)16-14(23-2)4-3-13(18)17(16)19/h3-10,15H,20H2,1-2H3. The van der Waals surface area contributed by atoms with Crippen molar-refractivity contribution in [3.05, 3.63) is 69.6 Å². The van der Waals surface area contributed by atoms with Crippen LogP contribution in [0.1, 0.15) is 17.0 Å². The molecule has 4 nitrogen and oxygen atoms in total. The van der Waals surface area contributed by atoms with Crippen molar-refractivity contribution in [2.75, 3.05) is 14.2 Å². The van der Waals surface area contributed by atoms with E-state index in [9.17, 15) is 0 Å². The number of pyridine rings is 1. The number of nitrogens with two attached hydrogens (primary N) is 1. The molecule has 0 saturated heterocycles. The SMILES string of the molecule is CN=CC(=CN)C(c1ccncc1)c1c(OC)ccc(Cl)c1Cl. The van der Waals surface area contributed by atoms with Crippen molar-refractivity contribution in [3.63, 3.8) is 0 Å². The van der Waals surface area contributed by atoms with Gasteiger partial charge < -0.3 is 10.5 Å². The molecule has 1 aromatic heterocycles. The maximum Gasteiger partial charge on any atom is 0.124 e. The van der Waals surface area contributed by atoms with Crippen molar-refractivity contribution >= 4 is 29.4 Å². The first-order valence-electron chi connectivity index (χ1n) is 6.89. The zero-order chi connectivity index (χ0) is 16.8. The summed E-state index contributed by atoms with van der Waals surface area (Å²) in [6.07, 6.45) is 6.63. The highest BCUT2D eigenvalue weighted by molar-refractivity contribution is 6.42. The third kappa shape index (κ3) is 3.66. The Labute approximate surface area is 145 Å². The first-order valence-corrected chi connectivity index (χ1v) is 7.65. The summed E-state index contributed by atoms with van der Waals surface area (Å²) in [4.78, 5) is 8.14. The molecule has 0 aliphatic heterocycles. The van der Waals surface area contributed by atoms with Gasteiger partial charge in [-0.15, -0.1) is 0 Å². The Kier molecular flexibility index (Phi) is 6.02. The predicted octanol–water partition coefficient (Wildman–Crippen LogP) is 4.07. The predicted molar refractivity (Wildman–Crippen MR) is 95.8 cm³/mol. The van der Waals surface area contributed by atoms with Gasteiger partial charge in [0, 0.05) is 37.1 Å². The minimum Gasteiger partial charge on any atom is -0.496 e. The van der Waals surface area contributed by atoms with Gasteiger partial charge in [0.2, 0.25) is 0 Å². The minimum atomic E-state index is -0.271. The van der Waals surface area contributed by atoms with E-state index in [-0.39, 0.29) is 5.92 Å². The summed E-state index contributed by atoms with van der Waals surface area (Å²) in [6, 6.07) is 7.28. The molecule has 0 bridgehead atoms. The van der Waals surface area contributed by atoms with Crippen LogP contribution in [-0.4, -0.2) is 25.4 Å². The number of benzene rings is 1. The van der Waals surface area contributed by atoms with Gasteiger partial charge in [-0.1, -0.05) is 23.2 Å². The van der Waals surface area contributed by atoms with Crippen molar-refractivity contribution < 1.29 is 4.74 Å². The third-order valence-corrected chi connectivity index (χ3v) is 4.26. The van der Waals surface area contributed by atoms with Gasteiger partial charge in [0.15, 0.2) is 0 Å². The van der Waals surface area contributed by atoms with Crippen LogP contribution in [0.2, 0.25) is 10.0 Å². The molecule has 1 aromatic carbocycles. The van der Waals surface area contributed by atoms with E-state index in [1.54, 1.807) is 44.9 Å². The van der Waals surface area contributed by atoms with E-state index in [0.717, 1.165) is 16.7 Å². The lowest BCUT2D eigenvalue weighted by atomic mass is 9.85. The van der Waals surface area contributed by atoms with E-state index >= 15 is 0 Å². The number of rotatable bonds is 5. The lowest BCUT2D eigenvalue weighted by Gasteiger charge is -2.23. The highest BCUT2D eigenvalue weighted by atomic mass is 35.5. The Morgan fingerprint density at radius 1 is 1.26 bits per heavy atom. The van der Waals surface area contributed by atoms with Gasteiger partial charge in [-0.05, 0) is 41.6 Å². The zero-order valence-corrected chi connectivity index (χ0v) is 14.3. The second kappa shape index (κ2) is 7.99. The first-order chi connectivity index (χ1) is 11.1. The van der Waals surface area contributed by atoms with Crippen LogP contribution in [0.25, 0.3) is 0 Å². The Balaban J connectivity index is 2.76. The lowest BCUT2D eigenvalue weighted by molar-refractivity contribution is 0.409. The van der Waals surface area contributed by atoms with Crippen LogP contribution in [0.5, 0.6) is 5.75 Å². The molecule has 1 unspecified atom stereocenters. The number of nitrogens with zero attached hydrogens (tertiary/aromatic N) is 2. The Bertz CT molecular complexity index is 730. The minimum absolute atomic E-state index is 0.271. The molecule has 0 fully saturated rings. The molecular formula is C17H17Cl2N3O. The van der Waals surface area contributed by atoms with Crippen LogP contribution < -0.4 is 10.5 Å². The summed E-state index contributed by atoms with van der Waals surface area (Å²) in [5.74, 6) is 0.359. The van der Waals surface area contributed by atoms with Crippen LogP contribution in [0.15, 0.2) is 53.4 Å². The molecule has 6 heteroatoms. The summed E-state index contributed by atoms with van der Waals surface area (Å²) in [7, 11) is 3.27. The number of ether oxygens (including phenoxy) is 1. The fourth-order valence-corrected chi connectivity index (χ4v) is 2.87. The number of aliphatic imine (C=N–C) groups is 1. The molecule has 0 amide bonds. The maximum absolute atomic E-state index is 6.48. The average Bonchev–Trinajstić information content (AvgIpc) is 2.59. The van der Waals surface area contributed by atoms with Crippen LogP contribution >= 0.6 is 23.2 Å². The number of methoxy groups -OCH3 is 1. The Morgan fingerprint density at radius 3 is 2.52 bits per heavy atom. The number of allylic oxidation sites excluding steroid dienone is 1. The molecule has 23 heavy (non-hydrogen) atoms. The summed E-state index contributed by atoms with van der Waals surface area (Å²) >= 11 is 12.7. The van der Waals surface area contributed by atoms with E-state index in [0.29, 0.717) is 15.8 Å². The Hall–Kier alpha value is -2.04. The number of aromatic nitrogens is 1. The van der Waals surface area contributed by atoms with Gasteiger partial charge >= 0.3 is 0 Å². The molecule has 2 N–H and O–H groups in total. The van der Waals surface area contributed by atoms with Gasteiger partial charge in [0.05, 0.1) is 17.2 Å². The molecule has 0 saturated carbocycles. The molecule has 1 atom stereocenters. The summed E-state index contributed by atoms with van der Waals surface area (Å²) in [5.41, 5.74) is 8.30. The second-order valence-corrected chi connectivity index (χ2v) is 5.53. The quantitative estimate of drug-likeness (QED) is 0.827. The Morgan fingerprint density at radius 2 is 1.96 bits per heavy atom. The molecule has 120 valence electrons. The average molecular weight is 350 g/mol. The van der Waals surface area contributed by atoms with Crippen molar-refractivity contribution in [1.82, 2.24) is 4.98 Å². The molecule has 0 aliphatic carbocycles. The van der Waals surface area contributed by atoms with Crippen molar-refractivity contribution in [1.29, 1.82) is 0 Å². The molecule has 0 aliphatic rings. The van der Waals surface area contributed by atoms with Gasteiger partial charge in [-0.3, -0.25) is 9.98 Å². The number of hydrogen-bond donors (Lipinski definition) is 1. The summed E-state index contributed by atoms with van der Waals surface area (Å²) < 4.78 is 5.49. The fraction of sp³-hybridized carbons (Fsp3) is 0.176. The van der Waals surface area contributed by atoms with Crippen molar-refractivity contribution in [3.8, 4) is 5.75 Å². The smallest absolute Gasteiger partial charge is 0.124 e. The van der Waals surface area contributed by atoms with Crippen LogP contribution in [0, 0.1) is 0 Å². The molecule has 2 aromatic rings. The third-order valence-electron chi connectivity index (χ3n) is 3.44. The molecule has 0 radical (unpaired) electrons. The zero-order valence-electron chi connectivity index (χ0n) is 12.8. The largest absolute Gasteiger partial charge is 0.496 e. The maximum atomic E-state index is 6.48. The molecule has 2 rings (SSSR count). The van der Waals surface area contributed by atoms with Gasteiger partial charge in [-0.25, -0.2) is 0 Å². The van der Waals surface area contributed by atoms with Crippen molar-refractivity contribution in [2.45, 2.75) is 5.92 Å². The molecular weight excluding hydrogens is 333 g/mol. The summed E-state index contributed by atoms with van der Waals surface area (Å²) in [6.45, 7) is 0. The highest BCUT2D eigenvalue weighted by Crippen LogP contribution is 2.43. The first kappa shape index (κ1) is 17.3. The molecule has 0 spiro atoms. The van der Waals surface area contributed by atoms with Gasteiger partial charge in [0.25, 0.3) is 0 Å². The normalized spacial score (nSPS) is 13.3. The lowest BCUT2D eigenvalue weighted by Crippen LogP contribution is -2.10.